The lowest BCUT2D eigenvalue weighted by Crippen LogP contribution is -2.54. The van der Waals surface area contributed by atoms with Crippen LogP contribution < -0.4 is 41.7 Å². The number of amides is 2. The van der Waals surface area contributed by atoms with Gasteiger partial charge < -0.3 is 74.8 Å². The summed E-state index contributed by atoms with van der Waals surface area (Å²) in [5.74, 6) is -1.27. The van der Waals surface area contributed by atoms with Gasteiger partial charge in [0.15, 0.2) is 22.8 Å². The van der Waals surface area contributed by atoms with Gasteiger partial charge in [-0.2, -0.15) is 0 Å². The monoisotopic (exact) mass is 911 g/mol. The van der Waals surface area contributed by atoms with E-state index in [2.05, 4.69) is 49.2 Å². The Bertz CT molecular complexity index is 2080. The molecule has 0 radical (unpaired) electrons. The first-order valence-corrected chi connectivity index (χ1v) is 22.7. The number of nitrogens with two attached hydrogens (primary N) is 1. The van der Waals surface area contributed by atoms with E-state index >= 15 is 0 Å². The van der Waals surface area contributed by atoms with Crippen LogP contribution in [0.3, 0.4) is 0 Å². The van der Waals surface area contributed by atoms with Crippen LogP contribution >= 0.6 is 35.2 Å². The summed E-state index contributed by atoms with van der Waals surface area (Å²) < 4.78 is 60.6. The molecule has 29 heteroatoms. The molecule has 8 atom stereocenters. The molecule has 0 saturated carbocycles. The number of hydrogen-bond acceptors (Lipinski definition) is 22. The van der Waals surface area contributed by atoms with Gasteiger partial charge in [0.05, 0.1) is 33.8 Å². The van der Waals surface area contributed by atoms with Gasteiger partial charge >= 0.3 is 0 Å². The van der Waals surface area contributed by atoms with Gasteiger partial charge in [0.25, 0.3) is 15.6 Å². The zero-order valence-electron chi connectivity index (χ0n) is 31.3. The SMILES string of the molecule is CC(C)(COP(=O)([O-])OP(=O)([O-])OC[C@H]1O[C@@H](n2cnc3c(N)ncnc32)[C@H](O)[C@@H]1OP(=O)([O-])[O-])[C@@H](O)C(=O)NCCC(=O)NCCSC(=O)C[C@@H]([NH3+])c1ccccc1. The number of hydrogen-bond donors (Lipinski definition) is 6. The Morgan fingerprint density at radius 1 is 1.05 bits per heavy atom. The molecule has 0 aliphatic carbocycles. The van der Waals surface area contributed by atoms with E-state index in [1.807, 2.05) is 30.3 Å². The number of benzene rings is 1. The molecule has 2 unspecified atom stereocenters. The van der Waals surface area contributed by atoms with Crippen molar-refractivity contribution in [3.05, 3.63) is 48.5 Å². The number of carbonyl (C=O) groups excluding carboxylic acids is 3. The van der Waals surface area contributed by atoms with Crippen LogP contribution in [0.25, 0.3) is 11.2 Å². The summed E-state index contributed by atoms with van der Waals surface area (Å²) in [6.07, 6.45) is -7.41. The molecule has 25 nitrogen and oxygen atoms in total. The predicted octanol–water partition coefficient (Wildman–Crippen LogP) is -3.49. The first-order valence-electron chi connectivity index (χ1n) is 17.3. The number of nitrogens with one attached hydrogen (secondary N) is 2. The highest BCUT2D eigenvalue weighted by Gasteiger charge is 2.47. The fraction of sp³-hybridized carbons (Fsp3) is 0.533. The molecule has 9 N–H and O–H groups in total. The van der Waals surface area contributed by atoms with Crippen molar-refractivity contribution in [3.8, 4) is 0 Å². The third-order valence-electron chi connectivity index (χ3n) is 8.42. The Labute approximate surface area is 340 Å². The minimum atomic E-state index is -5.92. The number of carbonyl (C=O) groups is 3. The molecule has 1 aliphatic heterocycles. The number of nitrogen functional groups attached to an aromatic ring is 1. The Hall–Kier alpha value is -3.26. The van der Waals surface area contributed by atoms with Gasteiger partial charge in [-0.15, -0.1) is 0 Å². The number of phosphoric ester groups is 3. The van der Waals surface area contributed by atoms with Gasteiger partial charge in [-0.05, 0) is 0 Å². The Morgan fingerprint density at radius 2 is 1.73 bits per heavy atom. The summed E-state index contributed by atoms with van der Waals surface area (Å²) in [5.41, 5.74) is 8.98. The topological polar surface area (TPSA) is 403 Å². The summed E-state index contributed by atoms with van der Waals surface area (Å²) in [7, 11) is -17.6. The van der Waals surface area contributed by atoms with E-state index in [0.29, 0.717) is 5.75 Å². The number of thioether (sulfide) groups is 1. The second-order valence-corrected chi connectivity index (χ2v) is 18.7. The predicted molar refractivity (Wildman–Crippen MR) is 195 cm³/mol. The van der Waals surface area contributed by atoms with E-state index < -0.39 is 84.6 Å². The summed E-state index contributed by atoms with van der Waals surface area (Å²) in [5, 5.41) is 26.2. The number of aliphatic hydroxyl groups is 2. The van der Waals surface area contributed by atoms with Crippen molar-refractivity contribution < 1.29 is 86.2 Å². The number of rotatable bonds is 22. The van der Waals surface area contributed by atoms with Crippen molar-refractivity contribution in [1.82, 2.24) is 30.2 Å². The molecule has 1 aromatic carbocycles. The highest BCUT2D eigenvalue weighted by Crippen LogP contribution is 2.56. The Kier molecular flexibility index (Phi) is 16.8. The highest BCUT2D eigenvalue weighted by molar-refractivity contribution is 8.13. The van der Waals surface area contributed by atoms with Crippen LogP contribution in [-0.2, 0) is 50.7 Å². The van der Waals surface area contributed by atoms with Crippen molar-refractivity contribution in [2.45, 2.75) is 63.4 Å². The minimum Gasteiger partial charge on any atom is -0.790 e. The van der Waals surface area contributed by atoms with Gasteiger partial charge in [0.1, 0.15) is 42.3 Å². The van der Waals surface area contributed by atoms with Crippen LogP contribution in [0.15, 0.2) is 43.0 Å². The van der Waals surface area contributed by atoms with Crippen molar-refractivity contribution in [3.63, 3.8) is 0 Å². The largest absolute Gasteiger partial charge is 0.790 e. The summed E-state index contributed by atoms with van der Waals surface area (Å²) >= 11 is 1.04. The third-order valence-corrected chi connectivity index (χ3v) is 12.3. The quantitative estimate of drug-likeness (QED) is 0.0421. The number of aromatic nitrogens is 4. The molecular weight excluding hydrogens is 869 g/mol. The maximum atomic E-state index is 12.6. The maximum Gasteiger partial charge on any atom is 0.274 e. The van der Waals surface area contributed by atoms with Gasteiger partial charge in [0, 0.05) is 36.2 Å². The normalized spacial score (nSPS) is 21.6. The molecule has 1 saturated heterocycles. The molecular formula is C30H42N8O17P3S-3. The molecule has 328 valence electrons. The molecule has 2 amide bonds. The van der Waals surface area contributed by atoms with Crippen LogP contribution in [0, 0.1) is 5.41 Å². The van der Waals surface area contributed by atoms with E-state index in [1.54, 1.807) is 0 Å². The van der Waals surface area contributed by atoms with Crippen molar-refractivity contribution in [2.75, 3.05) is 37.8 Å². The maximum absolute atomic E-state index is 12.6. The van der Waals surface area contributed by atoms with Crippen LogP contribution in [0.2, 0.25) is 0 Å². The van der Waals surface area contributed by atoms with Crippen molar-refractivity contribution >= 4 is 69.1 Å². The smallest absolute Gasteiger partial charge is 0.274 e. The number of ether oxygens (including phenoxy) is 1. The highest BCUT2D eigenvalue weighted by atomic mass is 32.2. The van der Waals surface area contributed by atoms with E-state index in [4.69, 9.17) is 10.5 Å². The summed E-state index contributed by atoms with van der Waals surface area (Å²) in [4.78, 5) is 96.5. The first-order chi connectivity index (χ1) is 27.5. The number of anilines is 1. The molecule has 0 bridgehead atoms. The van der Waals surface area contributed by atoms with E-state index in [9.17, 15) is 57.9 Å². The van der Waals surface area contributed by atoms with Gasteiger partial charge in [-0.1, -0.05) is 55.9 Å². The first kappa shape index (κ1) is 48.4. The van der Waals surface area contributed by atoms with E-state index in [1.165, 1.54) is 13.8 Å². The number of imidazole rings is 1. The Morgan fingerprint density at radius 3 is 2.41 bits per heavy atom. The lowest BCUT2D eigenvalue weighted by molar-refractivity contribution is -0.424. The number of aliphatic hydroxyl groups excluding tert-OH is 2. The van der Waals surface area contributed by atoms with E-state index in [0.717, 1.165) is 34.5 Å². The molecule has 59 heavy (non-hydrogen) atoms. The van der Waals surface area contributed by atoms with Gasteiger partial charge in [-0.3, -0.25) is 28.1 Å². The average molecular weight is 912 g/mol. The summed E-state index contributed by atoms with van der Waals surface area (Å²) in [6.45, 7) is 0.0431. The van der Waals surface area contributed by atoms with Crippen LogP contribution in [-0.4, -0.2) is 103 Å². The number of nitrogens with zero attached hydrogens (tertiary/aromatic N) is 4. The molecule has 2 aromatic heterocycles. The van der Waals surface area contributed by atoms with Gasteiger partial charge in [0.2, 0.25) is 11.8 Å². The lowest BCUT2D eigenvalue weighted by atomic mass is 9.87. The van der Waals surface area contributed by atoms with Crippen LogP contribution in [0.4, 0.5) is 5.82 Å². The molecule has 1 aliphatic rings. The zero-order valence-corrected chi connectivity index (χ0v) is 34.8. The Balaban J connectivity index is 1.20. The van der Waals surface area contributed by atoms with Gasteiger partial charge in [-0.25, -0.2) is 19.3 Å². The number of quaternary nitrogens is 1. The van der Waals surface area contributed by atoms with Crippen molar-refractivity contribution in [2.24, 2.45) is 5.41 Å². The van der Waals surface area contributed by atoms with Crippen LogP contribution in [0.5, 0.6) is 0 Å². The number of phosphoric acid groups is 3. The molecule has 3 aromatic rings. The fourth-order valence-electron chi connectivity index (χ4n) is 5.38. The molecule has 3 heterocycles. The molecule has 1 fully saturated rings. The van der Waals surface area contributed by atoms with E-state index in [-0.39, 0.29) is 54.1 Å². The minimum absolute atomic E-state index is 0.0234. The molecule has 4 rings (SSSR count). The van der Waals surface area contributed by atoms with Crippen molar-refractivity contribution in [1.29, 1.82) is 0 Å². The average Bonchev–Trinajstić information content (AvgIpc) is 3.71. The molecule has 0 spiro atoms. The second kappa shape index (κ2) is 20.5. The third kappa shape index (κ3) is 14.4. The second-order valence-electron chi connectivity index (χ2n) is 13.5. The standard InChI is InChI=1S/C30H45N8O17P3S/c1-30(2,25(42)28(43)34-9-8-20(39)33-10-11-59-21(40)12-18(31)17-6-4-3-5-7-17)14-52-58(49,50)55-57(47,48)51-13-19-24(54-56(44,45)46)23(41)29(53-19)38-16-37-22-26(32)35-15-36-27(22)38/h3-7,15-16,18-19,23-25,29,41-42H,8-14,31H2,1-2H3,(H,33,39)(H,34,43)(H,47,48)(H,49,50)(H2,32,35,36)(H2,44,45,46)/p-3/t18-,19-,23-,24-,25+,29-/m1/s1. The van der Waals surface area contributed by atoms with Crippen LogP contribution in [0.1, 0.15) is 44.5 Å². The fourth-order valence-corrected chi connectivity index (χ4v) is 8.86. The number of fused-ring (bicyclic) bond motifs is 1. The summed E-state index contributed by atoms with van der Waals surface area (Å²) in [6, 6.07) is 9.11. The lowest BCUT2D eigenvalue weighted by Gasteiger charge is -2.36. The zero-order chi connectivity index (χ0) is 43.8.